The topological polar surface area (TPSA) is 153 Å². The van der Waals surface area contributed by atoms with Gasteiger partial charge >= 0.3 is 5.97 Å². The SMILES string of the molecule is CON=C(C(=O)N[C@@H]1C(=O)N2C(C(=O)O)=C(CO)CS[C@@H]12)c1csc(NC(c2ccccc2)(c2ccccc2)c2ccccc2)n1. The Morgan fingerprint density at radius 1 is 1.00 bits per heavy atom. The van der Waals surface area contributed by atoms with Gasteiger partial charge in [-0.15, -0.1) is 23.1 Å². The lowest BCUT2D eigenvalue weighted by molar-refractivity contribution is -0.150. The Bertz CT molecular complexity index is 1720. The number of nitrogens with one attached hydrogen (secondary N) is 2. The van der Waals surface area contributed by atoms with Crippen molar-refractivity contribution in [2.75, 3.05) is 24.8 Å². The number of fused-ring (bicyclic) bond motifs is 1. The minimum Gasteiger partial charge on any atom is -0.477 e. The van der Waals surface area contributed by atoms with E-state index < -0.39 is 41.3 Å². The number of benzene rings is 3. The number of amides is 2. The summed E-state index contributed by atoms with van der Waals surface area (Å²) in [6.45, 7) is -0.479. The van der Waals surface area contributed by atoms with Gasteiger partial charge in [-0.05, 0) is 22.3 Å². The molecule has 3 aromatic carbocycles. The van der Waals surface area contributed by atoms with Gasteiger partial charge in [0.1, 0.15) is 35.5 Å². The van der Waals surface area contributed by atoms with Crippen LogP contribution in [0.3, 0.4) is 0 Å². The number of aliphatic hydroxyl groups excluding tert-OH is 1. The van der Waals surface area contributed by atoms with E-state index in [4.69, 9.17) is 9.82 Å². The Hall–Kier alpha value is -4.98. The average Bonchev–Trinajstić information content (AvgIpc) is 3.56. The Balaban J connectivity index is 1.30. The molecule has 2 aliphatic rings. The van der Waals surface area contributed by atoms with Gasteiger partial charge in [-0.25, -0.2) is 9.78 Å². The van der Waals surface area contributed by atoms with E-state index in [2.05, 4.69) is 15.8 Å². The first-order valence-corrected chi connectivity index (χ1v) is 16.2. The lowest BCUT2D eigenvalue weighted by Gasteiger charge is -2.49. The van der Waals surface area contributed by atoms with Gasteiger partial charge in [0.2, 0.25) is 0 Å². The predicted molar refractivity (Wildman–Crippen MR) is 175 cm³/mol. The summed E-state index contributed by atoms with van der Waals surface area (Å²) < 4.78 is 0. The number of carboxylic acid groups (broad SMARTS) is 1. The number of β-lactam (4-membered cyclic amide) rings is 1. The van der Waals surface area contributed by atoms with Crippen LogP contribution in [-0.2, 0) is 24.8 Å². The molecule has 0 saturated carbocycles. The zero-order chi connectivity index (χ0) is 32.3. The number of anilines is 1. The average molecular weight is 656 g/mol. The van der Waals surface area contributed by atoms with Crippen LogP contribution in [0.25, 0.3) is 0 Å². The third kappa shape index (κ3) is 5.53. The van der Waals surface area contributed by atoms with Gasteiger partial charge in [0.25, 0.3) is 11.8 Å². The van der Waals surface area contributed by atoms with Crippen LogP contribution < -0.4 is 10.6 Å². The van der Waals surface area contributed by atoms with Crippen LogP contribution in [0.4, 0.5) is 5.13 Å². The zero-order valence-electron chi connectivity index (χ0n) is 24.5. The minimum atomic E-state index is -1.31. The summed E-state index contributed by atoms with van der Waals surface area (Å²) in [4.78, 5) is 49.2. The Morgan fingerprint density at radius 2 is 1.57 bits per heavy atom. The van der Waals surface area contributed by atoms with Crippen LogP contribution in [-0.4, -0.2) is 74.5 Å². The van der Waals surface area contributed by atoms with Crippen LogP contribution in [0, 0.1) is 0 Å². The number of thiazole rings is 1. The van der Waals surface area contributed by atoms with E-state index in [9.17, 15) is 24.6 Å². The summed E-state index contributed by atoms with van der Waals surface area (Å²) in [7, 11) is 1.30. The number of carbonyl (C=O) groups excluding carboxylic acids is 2. The number of nitrogens with zero attached hydrogens (tertiary/aromatic N) is 3. The molecule has 0 unspecified atom stereocenters. The van der Waals surface area contributed by atoms with E-state index >= 15 is 0 Å². The molecule has 0 spiro atoms. The second-order valence-corrected chi connectivity index (χ2v) is 12.4. The van der Waals surface area contributed by atoms with E-state index in [0.717, 1.165) is 21.6 Å². The first-order chi connectivity index (χ1) is 22.4. The number of hydrogen-bond donors (Lipinski definition) is 4. The van der Waals surface area contributed by atoms with Crippen LogP contribution >= 0.6 is 23.1 Å². The maximum Gasteiger partial charge on any atom is 0.352 e. The van der Waals surface area contributed by atoms with Crippen LogP contribution in [0.5, 0.6) is 0 Å². The number of thioether (sulfide) groups is 1. The summed E-state index contributed by atoms with van der Waals surface area (Å²) in [5.41, 5.74) is 2.16. The number of aliphatic carboxylic acids is 1. The van der Waals surface area contributed by atoms with Crippen LogP contribution in [0.15, 0.2) is 113 Å². The fourth-order valence-corrected chi connectivity index (χ4v) is 7.78. The standard InChI is InChI=1S/C33H29N5O6S2/c1-44-37-25(28(40)35-26-29(41)38-27(31(42)43)20(17-39)18-45-30(26)38)24-19-46-32(34-24)36-33(21-11-5-2-6-12-21,22-13-7-3-8-14-22)23-15-9-4-10-16-23/h2-16,19,26,30,39H,17-18H2,1H3,(H,34,36)(H,35,40)(H,42,43)/t26-,30+/m1/s1. The molecule has 2 amide bonds. The molecule has 46 heavy (non-hydrogen) atoms. The molecule has 234 valence electrons. The molecule has 0 bridgehead atoms. The highest BCUT2D eigenvalue weighted by Crippen LogP contribution is 2.42. The first-order valence-electron chi connectivity index (χ1n) is 14.2. The number of carbonyl (C=O) groups is 3. The zero-order valence-corrected chi connectivity index (χ0v) is 26.1. The van der Waals surface area contributed by atoms with Crippen molar-refractivity contribution >= 4 is 51.7 Å². The number of aliphatic hydroxyl groups is 1. The number of oxime groups is 1. The van der Waals surface area contributed by atoms with Crippen molar-refractivity contribution < 1.29 is 29.4 Å². The molecule has 13 heteroatoms. The second kappa shape index (κ2) is 13.2. The smallest absolute Gasteiger partial charge is 0.352 e. The molecule has 0 aliphatic carbocycles. The van der Waals surface area contributed by atoms with E-state index in [1.807, 2.05) is 91.0 Å². The van der Waals surface area contributed by atoms with Gasteiger partial charge in [-0.2, -0.15) is 0 Å². The number of carboxylic acids is 1. The van der Waals surface area contributed by atoms with E-state index in [-0.39, 0.29) is 28.4 Å². The highest BCUT2D eigenvalue weighted by molar-refractivity contribution is 8.00. The van der Waals surface area contributed by atoms with Crippen LogP contribution in [0.1, 0.15) is 22.4 Å². The third-order valence-corrected chi connectivity index (χ3v) is 9.88. The van der Waals surface area contributed by atoms with Crippen molar-refractivity contribution in [3.63, 3.8) is 0 Å². The van der Waals surface area contributed by atoms with Crippen molar-refractivity contribution in [2.45, 2.75) is 17.0 Å². The largest absolute Gasteiger partial charge is 0.477 e. The summed E-state index contributed by atoms with van der Waals surface area (Å²) >= 11 is 2.54. The molecule has 3 heterocycles. The fraction of sp³-hybridized carbons (Fsp3) is 0.182. The molecular formula is C33H29N5O6S2. The van der Waals surface area contributed by atoms with Gasteiger partial charge in [-0.1, -0.05) is 96.2 Å². The highest BCUT2D eigenvalue weighted by Gasteiger charge is 2.54. The third-order valence-electron chi connectivity index (χ3n) is 7.79. The van der Waals surface area contributed by atoms with Gasteiger partial charge in [0, 0.05) is 11.1 Å². The monoisotopic (exact) mass is 655 g/mol. The van der Waals surface area contributed by atoms with Crippen molar-refractivity contribution in [3.05, 3.63) is 130 Å². The van der Waals surface area contributed by atoms with E-state index in [1.165, 1.54) is 30.2 Å². The van der Waals surface area contributed by atoms with Crippen molar-refractivity contribution in [1.29, 1.82) is 0 Å². The molecule has 0 radical (unpaired) electrons. The summed E-state index contributed by atoms with van der Waals surface area (Å²) in [5.74, 6) is -2.39. The Kier molecular flexibility index (Phi) is 8.88. The van der Waals surface area contributed by atoms with Crippen molar-refractivity contribution in [3.8, 4) is 0 Å². The molecule has 4 N–H and O–H groups in total. The van der Waals surface area contributed by atoms with Crippen LogP contribution in [0.2, 0.25) is 0 Å². The fourth-order valence-electron chi connectivity index (χ4n) is 5.69. The number of rotatable bonds is 11. The molecule has 4 aromatic rings. The lowest BCUT2D eigenvalue weighted by atomic mass is 9.77. The van der Waals surface area contributed by atoms with Gasteiger partial charge in [-0.3, -0.25) is 14.5 Å². The van der Waals surface area contributed by atoms with E-state index in [0.29, 0.717) is 5.13 Å². The highest BCUT2D eigenvalue weighted by atomic mass is 32.2. The first kappa shape index (κ1) is 31.0. The molecule has 1 fully saturated rings. The van der Waals surface area contributed by atoms with Crippen molar-refractivity contribution in [2.24, 2.45) is 5.16 Å². The molecule has 1 saturated heterocycles. The molecule has 6 rings (SSSR count). The predicted octanol–water partition coefficient (Wildman–Crippen LogP) is 3.63. The molecular weight excluding hydrogens is 627 g/mol. The molecule has 1 aromatic heterocycles. The van der Waals surface area contributed by atoms with E-state index in [1.54, 1.807) is 5.38 Å². The van der Waals surface area contributed by atoms with Crippen molar-refractivity contribution in [1.82, 2.24) is 15.2 Å². The number of hydrogen-bond acceptors (Lipinski definition) is 10. The summed E-state index contributed by atoms with van der Waals surface area (Å²) in [5, 5.41) is 31.0. The lowest BCUT2D eigenvalue weighted by Crippen LogP contribution is -2.71. The maximum atomic E-state index is 13.5. The molecule has 2 atom stereocenters. The quantitative estimate of drug-likeness (QED) is 0.0821. The number of aromatic nitrogens is 1. The second-order valence-electron chi connectivity index (χ2n) is 10.4. The maximum absolute atomic E-state index is 13.5. The molecule has 11 nitrogen and oxygen atoms in total. The summed E-state index contributed by atoms with van der Waals surface area (Å²) in [6.07, 6.45) is 0. The molecule has 2 aliphatic heterocycles. The van der Waals surface area contributed by atoms with Gasteiger partial charge in [0.05, 0.1) is 6.61 Å². The normalized spacial score (nSPS) is 18.0. The Morgan fingerprint density at radius 3 is 2.07 bits per heavy atom. The summed E-state index contributed by atoms with van der Waals surface area (Å²) in [6, 6.07) is 29.0. The van der Waals surface area contributed by atoms with Gasteiger partial charge < -0.3 is 25.7 Å². The minimum absolute atomic E-state index is 0.145. The van der Waals surface area contributed by atoms with Gasteiger partial charge in [0.15, 0.2) is 10.8 Å². The Labute approximate surface area is 272 Å².